The molecule has 3 nitrogen and oxygen atoms in total. The van der Waals surface area contributed by atoms with Crippen LogP contribution in [0.1, 0.15) is 17.3 Å². The first-order valence-corrected chi connectivity index (χ1v) is 4.31. The van der Waals surface area contributed by atoms with Crippen molar-refractivity contribution in [3.63, 3.8) is 0 Å². The molecule has 4 heteroatoms. The number of ketones is 1. The molecule has 1 unspecified atom stereocenters. The molecule has 0 aliphatic heterocycles. The third-order valence-electron chi connectivity index (χ3n) is 1.45. The highest BCUT2D eigenvalue weighted by atomic mass is 79.9. The highest BCUT2D eigenvalue weighted by molar-refractivity contribution is 9.10. The first kappa shape index (κ1) is 9.35. The van der Waals surface area contributed by atoms with E-state index in [0.29, 0.717) is 5.56 Å². The standard InChI is InChI=1S/C8H9BrN2O/c1-5(10)8(12)6-4-11-3-2-7(6)9/h2-5H,10H2,1H3. The van der Waals surface area contributed by atoms with Gasteiger partial charge in [0.25, 0.3) is 0 Å². The monoisotopic (exact) mass is 228 g/mol. The average Bonchev–Trinajstić information content (AvgIpc) is 2.04. The summed E-state index contributed by atoms with van der Waals surface area (Å²) in [6.45, 7) is 1.65. The molecule has 1 aromatic rings. The van der Waals surface area contributed by atoms with Gasteiger partial charge >= 0.3 is 0 Å². The number of carbonyl (C=O) groups is 1. The van der Waals surface area contributed by atoms with Crippen molar-refractivity contribution >= 4 is 21.7 Å². The van der Waals surface area contributed by atoms with Gasteiger partial charge in [-0.3, -0.25) is 9.78 Å². The van der Waals surface area contributed by atoms with E-state index < -0.39 is 6.04 Å². The van der Waals surface area contributed by atoms with E-state index in [1.165, 1.54) is 6.20 Å². The summed E-state index contributed by atoms with van der Waals surface area (Å²) in [5.41, 5.74) is 5.97. The Balaban J connectivity index is 3.03. The van der Waals surface area contributed by atoms with Crippen LogP contribution in [0, 0.1) is 0 Å². The number of nitrogens with two attached hydrogens (primary N) is 1. The first-order valence-electron chi connectivity index (χ1n) is 3.52. The highest BCUT2D eigenvalue weighted by Gasteiger charge is 2.13. The molecule has 0 aromatic carbocycles. The molecule has 12 heavy (non-hydrogen) atoms. The lowest BCUT2D eigenvalue weighted by molar-refractivity contribution is 0.0967. The first-order chi connectivity index (χ1) is 5.63. The molecular weight excluding hydrogens is 220 g/mol. The van der Waals surface area contributed by atoms with E-state index in [2.05, 4.69) is 20.9 Å². The second kappa shape index (κ2) is 3.78. The van der Waals surface area contributed by atoms with Gasteiger partial charge in [-0.25, -0.2) is 0 Å². The number of carbonyl (C=O) groups excluding carboxylic acids is 1. The summed E-state index contributed by atoms with van der Waals surface area (Å²) in [7, 11) is 0. The van der Waals surface area contributed by atoms with Crippen LogP contribution >= 0.6 is 15.9 Å². The van der Waals surface area contributed by atoms with Gasteiger partial charge in [-0.1, -0.05) is 0 Å². The Bertz CT molecular complexity index is 299. The van der Waals surface area contributed by atoms with Crippen molar-refractivity contribution in [3.8, 4) is 0 Å². The number of aromatic nitrogens is 1. The zero-order valence-electron chi connectivity index (χ0n) is 6.62. The lowest BCUT2D eigenvalue weighted by Crippen LogP contribution is -2.26. The third-order valence-corrected chi connectivity index (χ3v) is 2.14. The SMILES string of the molecule is CC(N)C(=O)c1cnccc1Br. The van der Waals surface area contributed by atoms with Gasteiger partial charge in [0.15, 0.2) is 5.78 Å². The summed E-state index contributed by atoms with van der Waals surface area (Å²) in [5.74, 6) is -0.102. The van der Waals surface area contributed by atoms with Gasteiger partial charge in [-0.05, 0) is 28.9 Å². The predicted octanol–water partition coefficient (Wildman–Crippen LogP) is 1.37. The smallest absolute Gasteiger partial charge is 0.181 e. The van der Waals surface area contributed by atoms with Gasteiger partial charge < -0.3 is 5.73 Å². The lowest BCUT2D eigenvalue weighted by atomic mass is 10.1. The van der Waals surface area contributed by atoms with Crippen molar-refractivity contribution in [2.75, 3.05) is 0 Å². The van der Waals surface area contributed by atoms with Crippen LogP contribution in [0.15, 0.2) is 22.9 Å². The maximum Gasteiger partial charge on any atom is 0.181 e. The number of pyridine rings is 1. The molecule has 1 aromatic heterocycles. The fourth-order valence-electron chi connectivity index (χ4n) is 0.804. The molecule has 1 rings (SSSR count). The Morgan fingerprint density at radius 2 is 2.42 bits per heavy atom. The van der Waals surface area contributed by atoms with Crippen molar-refractivity contribution < 1.29 is 4.79 Å². The van der Waals surface area contributed by atoms with Gasteiger partial charge in [-0.15, -0.1) is 0 Å². The van der Waals surface area contributed by atoms with Crippen molar-refractivity contribution in [1.29, 1.82) is 0 Å². The average molecular weight is 229 g/mol. The summed E-state index contributed by atoms with van der Waals surface area (Å²) >= 11 is 3.25. The van der Waals surface area contributed by atoms with Crippen molar-refractivity contribution in [2.45, 2.75) is 13.0 Å². The minimum absolute atomic E-state index is 0.102. The summed E-state index contributed by atoms with van der Waals surface area (Å²) in [6.07, 6.45) is 3.12. The molecule has 0 fully saturated rings. The predicted molar refractivity (Wildman–Crippen MR) is 49.9 cm³/mol. The molecule has 1 heterocycles. The summed E-state index contributed by atoms with van der Waals surface area (Å²) in [5, 5.41) is 0. The molecule has 1 atom stereocenters. The fourth-order valence-corrected chi connectivity index (χ4v) is 1.22. The van der Waals surface area contributed by atoms with Crippen LogP contribution in [0.25, 0.3) is 0 Å². The molecule has 0 amide bonds. The summed E-state index contributed by atoms with van der Waals surface area (Å²) < 4.78 is 0.736. The number of rotatable bonds is 2. The van der Waals surface area contributed by atoms with Gasteiger partial charge in [-0.2, -0.15) is 0 Å². The van der Waals surface area contributed by atoms with E-state index in [4.69, 9.17) is 5.73 Å². The Morgan fingerprint density at radius 1 is 1.75 bits per heavy atom. The van der Waals surface area contributed by atoms with E-state index in [1.54, 1.807) is 19.2 Å². The molecule has 64 valence electrons. The molecule has 0 spiro atoms. The van der Waals surface area contributed by atoms with Gasteiger partial charge in [0, 0.05) is 16.9 Å². The Labute approximate surface area is 79.1 Å². The highest BCUT2D eigenvalue weighted by Crippen LogP contribution is 2.15. The number of hydrogen-bond donors (Lipinski definition) is 1. The van der Waals surface area contributed by atoms with Crippen LogP contribution < -0.4 is 5.73 Å². The molecule has 2 N–H and O–H groups in total. The number of halogens is 1. The molecule has 0 saturated carbocycles. The quantitative estimate of drug-likeness (QED) is 0.779. The zero-order valence-corrected chi connectivity index (χ0v) is 8.21. The van der Waals surface area contributed by atoms with Gasteiger partial charge in [0.1, 0.15) is 0 Å². The molecule has 0 aliphatic carbocycles. The maximum atomic E-state index is 11.4. The fraction of sp³-hybridized carbons (Fsp3) is 0.250. The minimum atomic E-state index is -0.481. The van der Waals surface area contributed by atoms with E-state index in [0.717, 1.165) is 4.47 Å². The van der Waals surface area contributed by atoms with Crippen LogP contribution in [-0.2, 0) is 0 Å². The van der Waals surface area contributed by atoms with E-state index >= 15 is 0 Å². The molecular formula is C8H9BrN2O. The van der Waals surface area contributed by atoms with Crippen molar-refractivity contribution in [1.82, 2.24) is 4.98 Å². The lowest BCUT2D eigenvalue weighted by Gasteiger charge is -2.04. The van der Waals surface area contributed by atoms with E-state index in [-0.39, 0.29) is 5.78 Å². The topological polar surface area (TPSA) is 56.0 Å². The molecule has 0 radical (unpaired) electrons. The number of nitrogens with zero attached hydrogens (tertiary/aromatic N) is 1. The van der Waals surface area contributed by atoms with Crippen LogP contribution in [-0.4, -0.2) is 16.8 Å². The number of Topliss-reactive ketones (excluding diaryl/α,β-unsaturated/α-hetero) is 1. The number of hydrogen-bond acceptors (Lipinski definition) is 3. The second-order valence-corrected chi connectivity index (χ2v) is 3.36. The molecule has 0 bridgehead atoms. The van der Waals surface area contributed by atoms with Crippen LogP contribution in [0.4, 0.5) is 0 Å². The van der Waals surface area contributed by atoms with Crippen molar-refractivity contribution in [2.24, 2.45) is 5.73 Å². The second-order valence-electron chi connectivity index (χ2n) is 2.51. The van der Waals surface area contributed by atoms with Gasteiger partial charge in [0.2, 0.25) is 0 Å². The van der Waals surface area contributed by atoms with Crippen molar-refractivity contribution in [3.05, 3.63) is 28.5 Å². The van der Waals surface area contributed by atoms with Crippen LogP contribution in [0.2, 0.25) is 0 Å². The summed E-state index contributed by atoms with van der Waals surface area (Å²) in [4.78, 5) is 15.2. The largest absolute Gasteiger partial charge is 0.321 e. The van der Waals surface area contributed by atoms with E-state index in [1.807, 2.05) is 0 Å². The normalized spacial score (nSPS) is 12.6. The Kier molecular flexibility index (Phi) is 2.94. The zero-order chi connectivity index (χ0) is 9.14. The van der Waals surface area contributed by atoms with E-state index in [9.17, 15) is 4.79 Å². The summed E-state index contributed by atoms with van der Waals surface area (Å²) in [6, 6.07) is 1.24. The minimum Gasteiger partial charge on any atom is -0.321 e. The maximum absolute atomic E-state index is 11.4. The third kappa shape index (κ3) is 1.89. The molecule has 0 saturated heterocycles. The molecule has 0 aliphatic rings. The van der Waals surface area contributed by atoms with Crippen LogP contribution in [0.3, 0.4) is 0 Å². The Hall–Kier alpha value is -0.740. The van der Waals surface area contributed by atoms with Crippen LogP contribution in [0.5, 0.6) is 0 Å². The van der Waals surface area contributed by atoms with Gasteiger partial charge in [0.05, 0.1) is 11.6 Å². The Morgan fingerprint density at radius 3 is 2.92 bits per heavy atom.